The summed E-state index contributed by atoms with van der Waals surface area (Å²) in [6, 6.07) is 6.13. The molecule has 2 fully saturated rings. The van der Waals surface area contributed by atoms with Crippen LogP contribution >= 0.6 is 0 Å². The molecule has 168 valence electrons. The number of benzene rings is 1. The van der Waals surface area contributed by atoms with E-state index < -0.39 is 16.1 Å². The lowest BCUT2D eigenvalue weighted by Crippen LogP contribution is -2.46. The lowest BCUT2D eigenvalue weighted by Gasteiger charge is -2.29. The van der Waals surface area contributed by atoms with Gasteiger partial charge < -0.3 is 19.1 Å². The quantitative estimate of drug-likeness (QED) is 0.551. The van der Waals surface area contributed by atoms with Gasteiger partial charge in [-0.25, -0.2) is 13.1 Å². The summed E-state index contributed by atoms with van der Waals surface area (Å²) < 4.78 is 43.8. The fraction of sp³-hybridized carbons (Fsp3) is 0.650. The van der Waals surface area contributed by atoms with Crippen LogP contribution in [0.3, 0.4) is 0 Å². The Morgan fingerprint density at radius 3 is 2.30 bits per heavy atom. The minimum absolute atomic E-state index is 0.100. The van der Waals surface area contributed by atoms with Gasteiger partial charge in [0.25, 0.3) is 5.91 Å². The van der Waals surface area contributed by atoms with Gasteiger partial charge in [0.1, 0.15) is 5.75 Å². The maximum absolute atomic E-state index is 12.5. The van der Waals surface area contributed by atoms with E-state index in [2.05, 4.69) is 9.62 Å². The molecule has 1 N–H and O–H groups in total. The summed E-state index contributed by atoms with van der Waals surface area (Å²) in [7, 11) is -3.58. The molecule has 3 rings (SSSR count). The lowest BCUT2D eigenvalue weighted by molar-refractivity contribution is -0.142. The number of carbonyl (C=O) groups is 1. The number of nitrogens with one attached hydrogen (secondary N) is 1. The van der Waals surface area contributed by atoms with Crippen LogP contribution in [0.5, 0.6) is 5.75 Å². The van der Waals surface area contributed by atoms with Gasteiger partial charge in [0.15, 0.2) is 6.10 Å². The summed E-state index contributed by atoms with van der Waals surface area (Å²) in [4.78, 5) is 16.6. The minimum Gasteiger partial charge on any atom is -0.481 e. The number of hydrogen-bond acceptors (Lipinski definition) is 7. The van der Waals surface area contributed by atoms with E-state index in [1.807, 2.05) is 0 Å². The second-order valence-electron chi connectivity index (χ2n) is 7.37. The maximum Gasteiger partial charge on any atom is 0.263 e. The molecule has 0 aliphatic carbocycles. The van der Waals surface area contributed by atoms with Crippen LogP contribution in [-0.4, -0.2) is 95.9 Å². The van der Waals surface area contributed by atoms with Crippen molar-refractivity contribution in [1.82, 2.24) is 14.5 Å². The maximum atomic E-state index is 12.5. The van der Waals surface area contributed by atoms with E-state index in [-0.39, 0.29) is 10.8 Å². The van der Waals surface area contributed by atoms with Crippen molar-refractivity contribution in [3.8, 4) is 5.75 Å². The Morgan fingerprint density at radius 1 is 1.07 bits per heavy atom. The van der Waals surface area contributed by atoms with Crippen molar-refractivity contribution in [2.75, 3.05) is 65.7 Å². The highest BCUT2D eigenvalue weighted by Crippen LogP contribution is 2.18. The molecule has 1 amide bonds. The van der Waals surface area contributed by atoms with E-state index in [4.69, 9.17) is 14.2 Å². The van der Waals surface area contributed by atoms with Crippen molar-refractivity contribution in [2.45, 2.75) is 24.3 Å². The number of morpholine rings is 2. The number of sulfonamides is 1. The van der Waals surface area contributed by atoms with Gasteiger partial charge in [0.05, 0.1) is 31.3 Å². The molecule has 2 heterocycles. The third-order valence-electron chi connectivity index (χ3n) is 5.16. The molecule has 0 aromatic heterocycles. The van der Waals surface area contributed by atoms with Gasteiger partial charge >= 0.3 is 0 Å². The molecule has 30 heavy (non-hydrogen) atoms. The predicted octanol–water partition coefficient (Wildman–Crippen LogP) is 0.313. The Hall–Kier alpha value is -1.72. The Balaban J connectivity index is 1.45. The fourth-order valence-electron chi connectivity index (χ4n) is 3.41. The summed E-state index contributed by atoms with van der Waals surface area (Å²) in [6.07, 6.45) is 0.0885. The number of nitrogens with zero attached hydrogens (tertiary/aromatic N) is 2. The van der Waals surface area contributed by atoms with Crippen molar-refractivity contribution in [3.05, 3.63) is 24.3 Å². The summed E-state index contributed by atoms with van der Waals surface area (Å²) >= 11 is 0. The van der Waals surface area contributed by atoms with Gasteiger partial charge in [0, 0.05) is 32.7 Å². The number of hydrogen-bond donors (Lipinski definition) is 1. The van der Waals surface area contributed by atoms with Crippen LogP contribution in [0.2, 0.25) is 0 Å². The molecule has 1 aromatic rings. The molecule has 9 nitrogen and oxygen atoms in total. The van der Waals surface area contributed by atoms with Crippen LogP contribution in [0.25, 0.3) is 0 Å². The number of carbonyl (C=O) groups excluding carboxylic acids is 1. The van der Waals surface area contributed by atoms with Crippen LogP contribution in [0.4, 0.5) is 0 Å². The minimum atomic E-state index is -3.58. The molecule has 0 radical (unpaired) electrons. The lowest BCUT2D eigenvalue weighted by atomic mass is 10.3. The van der Waals surface area contributed by atoms with Crippen LogP contribution in [0, 0.1) is 0 Å². The zero-order chi connectivity index (χ0) is 21.4. The first-order valence-electron chi connectivity index (χ1n) is 10.4. The molecule has 2 saturated heterocycles. The largest absolute Gasteiger partial charge is 0.481 e. The Kier molecular flexibility index (Phi) is 8.46. The molecule has 0 unspecified atom stereocenters. The van der Waals surface area contributed by atoms with E-state index in [0.29, 0.717) is 38.6 Å². The molecule has 10 heteroatoms. The molecule has 0 saturated carbocycles. The van der Waals surface area contributed by atoms with Crippen LogP contribution in [-0.2, 0) is 24.3 Å². The van der Waals surface area contributed by atoms with Crippen LogP contribution < -0.4 is 9.46 Å². The third kappa shape index (κ3) is 6.64. The molecule has 1 aromatic carbocycles. The predicted molar refractivity (Wildman–Crippen MR) is 111 cm³/mol. The summed E-state index contributed by atoms with van der Waals surface area (Å²) in [5, 5.41) is 0. The summed E-state index contributed by atoms with van der Waals surface area (Å²) in [5.41, 5.74) is 0. The van der Waals surface area contributed by atoms with Crippen molar-refractivity contribution in [3.63, 3.8) is 0 Å². The van der Waals surface area contributed by atoms with Crippen molar-refractivity contribution in [1.29, 1.82) is 0 Å². The van der Waals surface area contributed by atoms with E-state index in [1.165, 1.54) is 12.1 Å². The molecule has 0 bridgehead atoms. The van der Waals surface area contributed by atoms with Gasteiger partial charge in [-0.15, -0.1) is 0 Å². The van der Waals surface area contributed by atoms with E-state index in [9.17, 15) is 13.2 Å². The topological polar surface area (TPSA) is 97.4 Å². The summed E-state index contributed by atoms with van der Waals surface area (Å²) in [5.74, 6) is 0.354. The average molecular weight is 442 g/mol. The van der Waals surface area contributed by atoms with Gasteiger partial charge in [0.2, 0.25) is 10.0 Å². The monoisotopic (exact) mass is 441 g/mol. The average Bonchev–Trinajstić information content (AvgIpc) is 2.78. The van der Waals surface area contributed by atoms with Crippen LogP contribution in [0.15, 0.2) is 29.2 Å². The fourth-order valence-corrected chi connectivity index (χ4v) is 4.48. The molecular weight excluding hydrogens is 410 g/mol. The third-order valence-corrected chi connectivity index (χ3v) is 6.64. The van der Waals surface area contributed by atoms with Gasteiger partial charge in [-0.05, 0) is 44.2 Å². The molecule has 2 aliphatic heterocycles. The Morgan fingerprint density at radius 2 is 1.67 bits per heavy atom. The second kappa shape index (κ2) is 11.1. The highest BCUT2D eigenvalue weighted by atomic mass is 32.2. The number of amides is 1. The smallest absolute Gasteiger partial charge is 0.263 e. The molecule has 0 spiro atoms. The van der Waals surface area contributed by atoms with Crippen molar-refractivity contribution < 1.29 is 27.4 Å². The standard InChI is InChI=1S/C20H31N3O6S/c1-17(20(24)23-11-15-28-16-12-23)29-18-3-5-19(6-4-18)30(25,26)21-7-2-8-22-9-13-27-14-10-22/h3-6,17,21H,2,7-16H2,1H3/t17-/m0/s1. The van der Waals surface area contributed by atoms with Crippen molar-refractivity contribution >= 4 is 15.9 Å². The van der Waals surface area contributed by atoms with E-state index in [1.54, 1.807) is 24.0 Å². The SMILES string of the molecule is C[C@H](Oc1ccc(S(=O)(=O)NCCCN2CCOCC2)cc1)C(=O)N1CCOCC1. The van der Waals surface area contributed by atoms with Gasteiger partial charge in [-0.2, -0.15) is 0 Å². The zero-order valence-electron chi connectivity index (χ0n) is 17.4. The molecule has 1 atom stereocenters. The Bertz CT molecular complexity index is 774. The highest BCUT2D eigenvalue weighted by Gasteiger charge is 2.24. The Labute approximate surface area is 178 Å². The highest BCUT2D eigenvalue weighted by molar-refractivity contribution is 7.89. The molecular formula is C20H31N3O6S. The number of rotatable bonds is 9. The van der Waals surface area contributed by atoms with Crippen LogP contribution in [0.1, 0.15) is 13.3 Å². The van der Waals surface area contributed by atoms with Crippen molar-refractivity contribution in [2.24, 2.45) is 0 Å². The van der Waals surface area contributed by atoms with Gasteiger partial charge in [-0.1, -0.05) is 0 Å². The first-order valence-corrected chi connectivity index (χ1v) is 11.9. The van der Waals surface area contributed by atoms with Gasteiger partial charge in [-0.3, -0.25) is 9.69 Å². The van der Waals surface area contributed by atoms with E-state index in [0.717, 1.165) is 39.3 Å². The zero-order valence-corrected chi connectivity index (χ0v) is 18.2. The molecule has 2 aliphatic rings. The normalized spacial score (nSPS) is 19.4. The first kappa shape index (κ1) is 23.0. The number of ether oxygens (including phenoxy) is 3. The summed E-state index contributed by atoms with van der Waals surface area (Å²) in [6.45, 7) is 8.33. The second-order valence-corrected chi connectivity index (χ2v) is 9.14. The first-order chi connectivity index (χ1) is 14.5. The van der Waals surface area contributed by atoms with E-state index >= 15 is 0 Å².